The minimum absolute atomic E-state index is 0.161. The van der Waals surface area contributed by atoms with Gasteiger partial charge in [0.1, 0.15) is 6.61 Å². The maximum absolute atomic E-state index is 12.4. The second-order valence-electron chi connectivity index (χ2n) is 6.67. The van der Waals surface area contributed by atoms with Crippen LogP contribution in [0.5, 0.6) is 0 Å². The van der Waals surface area contributed by atoms with E-state index >= 15 is 0 Å². The first-order chi connectivity index (χ1) is 12.6. The Morgan fingerprint density at radius 3 is 2.19 bits per heavy atom. The number of benzene rings is 3. The molecule has 4 nitrogen and oxygen atoms in total. The molecule has 3 aromatic rings. The fourth-order valence-electron chi connectivity index (χ4n) is 3.70. The molecule has 1 unspecified atom stereocenters. The molecule has 132 valence electrons. The van der Waals surface area contributed by atoms with Gasteiger partial charge in [0.2, 0.25) is 0 Å². The van der Waals surface area contributed by atoms with Gasteiger partial charge in [0.15, 0.2) is 6.10 Å². The van der Waals surface area contributed by atoms with Crippen LogP contribution in [0.1, 0.15) is 30.4 Å². The lowest BCUT2D eigenvalue weighted by atomic mass is 9.93. The Labute approximate surface area is 151 Å². The minimum Gasteiger partial charge on any atom is -0.458 e. The summed E-state index contributed by atoms with van der Waals surface area (Å²) < 4.78 is 10.7. The molecule has 0 amide bonds. The van der Waals surface area contributed by atoms with Crippen molar-refractivity contribution in [2.45, 2.75) is 38.9 Å². The molecule has 4 rings (SSSR count). The molecule has 0 N–H and O–H groups in total. The van der Waals surface area contributed by atoms with Crippen molar-refractivity contribution >= 4 is 33.5 Å². The quantitative estimate of drug-likeness (QED) is 0.519. The number of hydrogen-bond acceptors (Lipinski definition) is 4. The van der Waals surface area contributed by atoms with Gasteiger partial charge in [-0.1, -0.05) is 48.5 Å². The van der Waals surface area contributed by atoms with E-state index in [2.05, 4.69) is 31.2 Å². The summed E-state index contributed by atoms with van der Waals surface area (Å²) in [5, 5.41) is 4.47. The second-order valence-corrected chi connectivity index (χ2v) is 6.67. The summed E-state index contributed by atoms with van der Waals surface area (Å²) in [6.07, 6.45) is 0.783. The number of carbonyl (C=O) groups is 2. The molecule has 26 heavy (non-hydrogen) atoms. The number of cyclic esters (lactones) is 1. The molecule has 1 heterocycles. The zero-order valence-corrected chi connectivity index (χ0v) is 14.7. The summed E-state index contributed by atoms with van der Waals surface area (Å²) >= 11 is 0. The van der Waals surface area contributed by atoms with Gasteiger partial charge in [-0.2, -0.15) is 0 Å². The first kappa shape index (κ1) is 16.6. The van der Waals surface area contributed by atoms with Crippen LogP contribution in [0, 0.1) is 6.92 Å². The monoisotopic (exact) mass is 348 g/mol. The third-order valence-corrected chi connectivity index (χ3v) is 5.05. The number of rotatable bonds is 3. The van der Waals surface area contributed by atoms with Gasteiger partial charge in [0.05, 0.1) is 0 Å². The topological polar surface area (TPSA) is 52.6 Å². The number of esters is 2. The van der Waals surface area contributed by atoms with Crippen molar-refractivity contribution in [1.29, 1.82) is 0 Å². The van der Waals surface area contributed by atoms with E-state index in [1.54, 1.807) is 0 Å². The fourth-order valence-corrected chi connectivity index (χ4v) is 3.70. The Hall–Kier alpha value is -2.88. The molecule has 0 spiro atoms. The highest BCUT2D eigenvalue weighted by Gasteiger charge is 2.28. The predicted molar refractivity (Wildman–Crippen MR) is 99.7 cm³/mol. The molecule has 1 aliphatic rings. The minimum atomic E-state index is -0.778. The molecule has 0 radical (unpaired) electrons. The van der Waals surface area contributed by atoms with Gasteiger partial charge >= 0.3 is 11.9 Å². The first-order valence-corrected chi connectivity index (χ1v) is 8.90. The van der Waals surface area contributed by atoms with Crippen LogP contribution in [0.25, 0.3) is 21.5 Å². The summed E-state index contributed by atoms with van der Waals surface area (Å²) in [5.74, 6) is -0.795. The van der Waals surface area contributed by atoms with Crippen LogP contribution in [0.15, 0.2) is 48.5 Å². The van der Waals surface area contributed by atoms with Crippen LogP contribution in [-0.2, 0) is 25.7 Å². The van der Waals surface area contributed by atoms with E-state index in [4.69, 9.17) is 9.47 Å². The average molecular weight is 348 g/mol. The smallest absolute Gasteiger partial charge is 0.347 e. The van der Waals surface area contributed by atoms with Crippen LogP contribution >= 0.6 is 0 Å². The molecule has 1 fully saturated rings. The van der Waals surface area contributed by atoms with E-state index in [1.807, 2.05) is 24.3 Å². The van der Waals surface area contributed by atoms with Crippen molar-refractivity contribution in [3.8, 4) is 0 Å². The zero-order chi connectivity index (χ0) is 18.1. The molecule has 3 aromatic carbocycles. The maximum atomic E-state index is 12.4. The highest BCUT2D eigenvalue weighted by molar-refractivity contribution is 6.05. The van der Waals surface area contributed by atoms with Gasteiger partial charge in [-0.25, -0.2) is 4.79 Å². The van der Waals surface area contributed by atoms with Gasteiger partial charge in [-0.3, -0.25) is 4.79 Å². The molecule has 0 aliphatic carbocycles. The SMILES string of the molecule is Cc1c2ccccc2c(COC(=O)C2CCCC(=O)O2)c2ccccc12. The maximum Gasteiger partial charge on any atom is 0.347 e. The third kappa shape index (κ3) is 2.92. The molecule has 1 saturated heterocycles. The second kappa shape index (κ2) is 6.79. The average Bonchev–Trinajstić information content (AvgIpc) is 2.68. The summed E-state index contributed by atoms with van der Waals surface area (Å²) in [4.78, 5) is 23.8. The number of hydrogen-bond donors (Lipinski definition) is 0. The predicted octanol–water partition coefficient (Wildman–Crippen LogP) is 4.44. The Balaban J connectivity index is 1.70. The third-order valence-electron chi connectivity index (χ3n) is 5.05. The van der Waals surface area contributed by atoms with Gasteiger partial charge in [-0.05, 0) is 46.9 Å². The molecule has 0 aromatic heterocycles. The lowest BCUT2D eigenvalue weighted by molar-refractivity contribution is -0.172. The molecular weight excluding hydrogens is 328 g/mol. The van der Waals surface area contributed by atoms with E-state index in [9.17, 15) is 9.59 Å². The largest absolute Gasteiger partial charge is 0.458 e. The van der Waals surface area contributed by atoms with E-state index in [0.717, 1.165) is 27.1 Å². The van der Waals surface area contributed by atoms with Gasteiger partial charge in [0, 0.05) is 12.0 Å². The van der Waals surface area contributed by atoms with Crippen molar-refractivity contribution in [3.05, 3.63) is 59.7 Å². The summed E-state index contributed by atoms with van der Waals surface area (Å²) in [5.41, 5.74) is 2.20. The van der Waals surface area contributed by atoms with Crippen LogP contribution in [-0.4, -0.2) is 18.0 Å². The van der Waals surface area contributed by atoms with Crippen molar-refractivity contribution in [2.24, 2.45) is 0 Å². The van der Waals surface area contributed by atoms with Gasteiger partial charge < -0.3 is 9.47 Å². The van der Waals surface area contributed by atoms with Crippen LogP contribution in [0.3, 0.4) is 0 Å². The zero-order valence-electron chi connectivity index (χ0n) is 14.7. The van der Waals surface area contributed by atoms with Crippen LogP contribution in [0.2, 0.25) is 0 Å². The van der Waals surface area contributed by atoms with Crippen LogP contribution in [0.4, 0.5) is 0 Å². The molecular formula is C22H20O4. The Morgan fingerprint density at radius 1 is 1.04 bits per heavy atom. The standard InChI is InChI=1S/C22H20O4/c1-14-15-7-2-4-9-17(15)19(18-10-5-3-8-16(14)18)13-25-22(24)20-11-6-12-21(23)26-20/h2-5,7-10,20H,6,11-13H2,1H3. The molecule has 1 atom stereocenters. The van der Waals surface area contributed by atoms with Crippen LogP contribution < -0.4 is 0 Å². The Kier molecular flexibility index (Phi) is 4.33. The number of fused-ring (bicyclic) bond motifs is 2. The summed E-state index contributed by atoms with van der Waals surface area (Å²) in [6, 6.07) is 16.3. The van der Waals surface area contributed by atoms with Crippen molar-refractivity contribution in [2.75, 3.05) is 0 Å². The molecule has 0 saturated carbocycles. The number of aryl methyl sites for hydroxylation is 1. The number of ether oxygens (including phenoxy) is 2. The Bertz CT molecular complexity index is 949. The highest BCUT2D eigenvalue weighted by Crippen LogP contribution is 2.33. The highest BCUT2D eigenvalue weighted by atomic mass is 16.6. The van der Waals surface area contributed by atoms with Gasteiger partial charge in [0.25, 0.3) is 0 Å². The molecule has 0 bridgehead atoms. The lowest BCUT2D eigenvalue weighted by Gasteiger charge is -2.21. The van der Waals surface area contributed by atoms with Crippen molar-refractivity contribution in [3.63, 3.8) is 0 Å². The summed E-state index contributed by atoms with van der Waals surface area (Å²) in [7, 11) is 0. The van der Waals surface area contributed by atoms with Gasteiger partial charge in [-0.15, -0.1) is 0 Å². The van der Waals surface area contributed by atoms with E-state index < -0.39 is 12.1 Å². The fraction of sp³-hybridized carbons (Fsp3) is 0.273. The number of carbonyl (C=O) groups excluding carboxylic acids is 2. The lowest BCUT2D eigenvalue weighted by Crippen LogP contribution is -2.32. The van der Waals surface area contributed by atoms with Crippen molar-refractivity contribution < 1.29 is 19.1 Å². The van der Waals surface area contributed by atoms with Crippen molar-refractivity contribution in [1.82, 2.24) is 0 Å². The Morgan fingerprint density at radius 2 is 1.62 bits per heavy atom. The molecule has 1 aliphatic heterocycles. The van der Waals surface area contributed by atoms with E-state index in [1.165, 1.54) is 5.56 Å². The van der Waals surface area contributed by atoms with E-state index in [-0.39, 0.29) is 12.6 Å². The molecule has 4 heteroatoms. The summed E-state index contributed by atoms with van der Waals surface area (Å²) in [6.45, 7) is 2.27. The van der Waals surface area contributed by atoms with E-state index in [0.29, 0.717) is 19.3 Å². The normalized spacial score (nSPS) is 17.3. The first-order valence-electron chi connectivity index (χ1n) is 8.90.